The van der Waals surface area contributed by atoms with Gasteiger partial charge in [-0.1, -0.05) is 11.3 Å². The number of thiazole rings is 1. The lowest BCUT2D eigenvalue weighted by Gasteiger charge is -2.06. The summed E-state index contributed by atoms with van der Waals surface area (Å²) in [7, 11) is 1.53. The zero-order chi connectivity index (χ0) is 15.7. The molecule has 7 heteroatoms. The van der Waals surface area contributed by atoms with Crippen molar-refractivity contribution in [3.8, 4) is 5.75 Å². The number of hydrogen-bond donors (Lipinski definition) is 1. The fourth-order valence-electron chi connectivity index (χ4n) is 1.92. The third-order valence-corrected chi connectivity index (χ3v) is 4.61. The average molecular weight is 381 g/mol. The molecule has 2 aromatic carbocycles. The smallest absolute Gasteiger partial charge is 0.258 e. The van der Waals surface area contributed by atoms with Gasteiger partial charge in [-0.05, 0) is 52.3 Å². The molecule has 1 aromatic heterocycles. The lowest BCUT2D eigenvalue weighted by molar-refractivity contribution is 0.102. The number of carbonyl (C=O) groups is 1. The first-order chi connectivity index (χ1) is 10.6. The molecule has 112 valence electrons. The van der Waals surface area contributed by atoms with Crippen molar-refractivity contribution in [1.29, 1.82) is 0 Å². The minimum Gasteiger partial charge on any atom is -0.497 e. The van der Waals surface area contributed by atoms with E-state index >= 15 is 0 Å². The second kappa shape index (κ2) is 6.02. The number of carbonyl (C=O) groups excluding carboxylic acids is 1. The highest BCUT2D eigenvalue weighted by Crippen LogP contribution is 2.28. The number of amides is 1. The first kappa shape index (κ1) is 14.9. The molecule has 0 aliphatic heterocycles. The molecular weight excluding hydrogens is 371 g/mol. The monoisotopic (exact) mass is 380 g/mol. The van der Waals surface area contributed by atoms with Gasteiger partial charge in [0.05, 0.1) is 22.9 Å². The Labute approximate surface area is 138 Å². The maximum Gasteiger partial charge on any atom is 0.258 e. The molecule has 0 spiro atoms. The summed E-state index contributed by atoms with van der Waals surface area (Å²) in [5, 5.41) is 3.14. The van der Waals surface area contributed by atoms with Crippen molar-refractivity contribution in [3.63, 3.8) is 0 Å². The van der Waals surface area contributed by atoms with Crippen molar-refractivity contribution in [2.75, 3.05) is 12.4 Å². The quantitative estimate of drug-likeness (QED) is 0.729. The molecule has 1 amide bonds. The highest BCUT2D eigenvalue weighted by Gasteiger charge is 2.14. The van der Waals surface area contributed by atoms with Crippen LogP contribution in [0.4, 0.5) is 9.52 Å². The minimum atomic E-state index is -0.329. The molecule has 0 bridgehead atoms. The summed E-state index contributed by atoms with van der Waals surface area (Å²) in [4.78, 5) is 16.6. The van der Waals surface area contributed by atoms with Crippen LogP contribution < -0.4 is 10.1 Å². The average Bonchev–Trinajstić information content (AvgIpc) is 2.88. The van der Waals surface area contributed by atoms with E-state index < -0.39 is 0 Å². The van der Waals surface area contributed by atoms with Crippen molar-refractivity contribution in [2.45, 2.75) is 0 Å². The number of halogens is 2. The van der Waals surface area contributed by atoms with E-state index in [0.717, 1.165) is 0 Å². The third-order valence-electron chi connectivity index (χ3n) is 2.99. The first-order valence-electron chi connectivity index (χ1n) is 6.28. The van der Waals surface area contributed by atoms with E-state index in [4.69, 9.17) is 4.74 Å². The number of anilines is 1. The second-order valence-corrected chi connectivity index (χ2v) is 6.32. The number of hydrogen-bond acceptors (Lipinski definition) is 4. The highest BCUT2D eigenvalue weighted by molar-refractivity contribution is 9.10. The van der Waals surface area contributed by atoms with Crippen molar-refractivity contribution in [1.82, 2.24) is 4.98 Å². The third kappa shape index (κ3) is 2.95. The van der Waals surface area contributed by atoms with Gasteiger partial charge in [0.1, 0.15) is 11.6 Å². The Morgan fingerprint density at radius 1 is 1.32 bits per heavy atom. The van der Waals surface area contributed by atoms with Gasteiger partial charge in [0, 0.05) is 4.47 Å². The molecule has 0 fully saturated rings. The molecule has 3 rings (SSSR count). The summed E-state index contributed by atoms with van der Waals surface area (Å²) in [5.74, 6) is -0.0606. The van der Waals surface area contributed by atoms with Gasteiger partial charge in [-0.2, -0.15) is 0 Å². The number of nitrogens with zero attached hydrogens (tertiary/aromatic N) is 1. The van der Waals surface area contributed by atoms with Crippen LogP contribution in [0.5, 0.6) is 5.75 Å². The number of benzene rings is 2. The van der Waals surface area contributed by atoms with Crippen molar-refractivity contribution in [2.24, 2.45) is 0 Å². The van der Waals surface area contributed by atoms with Crippen LogP contribution in [-0.4, -0.2) is 18.0 Å². The maximum atomic E-state index is 13.2. The lowest BCUT2D eigenvalue weighted by Crippen LogP contribution is -2.12. The van der Waals surface area contributed by atoms with Crippen LogP contribution >= 0.6 is 27.3 Å². The fraction of sp³-hybridized carbons (Fsp3) is 0.0667. The van der Waals surface area contributed by atoms with Gasteiger partial charge in [-0.15, -0.1) is 0 Å². The van der Waals surface area contributed by atoms with E-state index in [0.29, 0.717) is 31.1 Å². The Kier molecular flexibility index (Phi) is 4.08. The highest BCUT2D eigenvalue weighted by atomic mass is 79.9. The van der Waals surface area contributed by atoms with Gasteiger partial charge in [0.2, 0.25) is 0 Å². The fourth-order valence-corrected chi connectivity index (χ4v) is 3.23. The van der Waals surface area contributed by atoms with E-state index in [1.54, 1.807) is 24.3 Å². The number of nitrogens with one attached hydrogen (secondary N) is 1. The Morgan fingerprint density at radius 3 is 2.91 bits per heavy atom. The van der Waals surface area contributed by atoms with E-state index in [-0.39, 0.29) is 11.7 Å². The summed E-state index contributed by atoms with van der Waals surface area (Å²) >= 11 is 4.56. The normalized spacial score (nSPS) is 10.7. The van der Waals surface area contributed by atoms with Gasteiger partial charge in [-0.3, -0.25) is 10.1 Å². The largest absolute Gasteiger partial charge is 0.497 e. The van der Waals surface area contributed by atoms with Gasteiger partial charge in [-0.25, -0.2) is 9.37 Å². The Bertz CT molecular complexity index is 866. The number of fused-ring (bicyclic) bond motifs is 1. The molecule has 22 heavy (non-hydrogen) atoms. The van der Waals surface area contributed by atoms with Crippen LogP contribution in [-0.2, 0) is 0 Å². The number of ether oxygens (including phenoxy) is 1. The van der Waals surface area contributed by atoms with Crippen LogP contribution in [0.2, 0.25) is 0 Å². The van der Waals surface area contributed by atoms with Crippen molar-refractivity contribution in [3.05, 3.63) is 52.3 Å². The summed E-state index contributed by atoms with van der Waals surface area (Å²) in [5.41, 5.74) is 1.08. The van der Waals surface area contributed by atoms with Gasteiger partial charge in [0.25, 0.3) is 5.91 Å². The molecule has 4 nitrogen and oxygen atoms in total. The topological polar surface area (TPSA) is 51.2 Å². The molecule has 0 saturated carbocycles. The minimum absolute atomic E-state index is 0.315. The summed E-state index contributed by atoms with van der Waals surface area (Å²) in [6.07, 6.45) is 0. The number of rotatable bonds is 3. The number of methoxy groups -OCH3 is 1. The van der Waals surface area contributed by atoms with Gasteiger partial charge in [0.15, 0.2) is 5.13 Å². The molecule has 0 atom stereocenters. The zero-order valence-corrected chi connectivity index (χ0v) is 13.8. The molecule has 0 aliphatic carbocycles. The zero-order valence-electron chi connectivity index (χ0n) is 11.4. The predicted octanol–water partition coefficient (Wildman–Crippen LogP) is 4.46. The summed E-state index contributed by atoms with van der Waals surface area (Å²) in [6, 6.07) is 9.43. The molecule has 1 N–H and O–H groups in total. The molecule has 0 unspecified atom stereocenters. The second-order valence-electron chi connectivity index (χ2n) is 4.43. The van der Waals surface area contributed by atoms with E-state index in [9.17, 15) is 9.18 Å². The van der Waals surface area contributed by atoms with Crippen LogP contribution in [0.1, 0.15) is 10.4 Å². The van der Waals surface area contributed by atoms with Crippen LogP contribution in [0.15, 0.2) is 40.9 Å². The molecule has 0 saturated heterocycles. The summed E-state index contributed by atoms with van der Waals surface area (Å²) < 4.78 is 19.6. The lowest BCUT2D eigenvalue weighted by atomic mass is 10.2. The predicted molar refractivity (Wildman–Crippen MR) is 88.2 cm³/mol. The molecule has 3 aromatic rings. The van der Waals surface area contributed by atoms with E-state index in [1.165, 1.54) is 30.6 Å². The van der Waals surface area contributed by atoms with Crippen molar-refractivity contribution >= 4 is 48.5 Å². The Balaban J connectivity index is 1.89. The van der Waals surface area contributed by atoms with Gasteiger partial charge >= 0.3 is 0 Å². The van der Waals surface area contributed by atoms with Gasteiger partial charge < -0.3 is 4.74 Å². The van der Waals surface area contributed by atoms with Crippen molar-refractivity contribution < 1.29 is 13.9 Å². The first-order valence-corrected chi connectivity index (χ1v) is 7.89. The van der Waals surface area contributed by atoms with Crippen LogP contribution in [0.25, 0.3) is 10.2 Å². The van der Waals surface area contributed by atoms with Crippen LogP contribution in [0, 0.1) is 5.82 Å². The molecule has 0 aliphatic rings. The van der Waals surface area contributed by atoms with E-state index in [2.05, 4.69) is 26.2 Å². The van der Waals surface area contributed by atoms with E-state index in [1.807, 2.05) is 0 Å². The Morgan fingerprint density at radius 2 is 2.14 bits per heavy atom. The SMILES string of the molecule is COc1ccc(Br)c(C(=O)Nc2nc3ccc(F)cc3s2)c1. The number of aromatic nitrogens is 1. The molecule has 1 heterocycles. The standard InChI is InChI=1S/C15H10BrFN2O2S/c1-21-9-3-4-11(16)10(7-9)14(20)19-15-18-12-5-2-8(17)6-13(12)22-15/h2-7H,1H3,(H,18,19,20). The van der Waals surface area contributed by atoms with Crippen LogP contribution in [0.3, 0.4) is 0 Å². The Hall–Kier alpha value is -1.99. The molecular formula is C15H10BrFN2O2S. The summed E-state index contributed by atoms with van der Waals surface area (Å²) in [6.45, 7) is 0. The molecule has 0 radical (unpaired) electrons. The maximum absolute atomic E-state index is 13.2.